The Morgan fingerprint density at radius 2 is 1.64 bits per heavy atom. The first-order chi connectivity index (χ1) is 13.2. The van der Waals surface area contributed by atoms with Gasteiger partial charge in [0.1, 0.15) is 0 Å². The van der Waals surface area contributed by atoms with Crippen LogP contribution in [0.3, 0.4) is 0 Å². The second-order valence-corrected chi connectivity index (χ2v) is 8.90. The number of Topliss-reactive ketones (excluding diaryl/α,β-unsaturated/α-hetero) is 1. The van der Waals surface area contributed by atoms with Crippen LogP contribution in [0.2, 0.25) is 5.02 Å². The van der Waals surface area contributed by atoms with Crippen LogP contribution in [-0.4, -0.2) is 38.0 Å². The molecule has 8 heteroatoms. The third-order valence-corrected chi connectivity index (χ3v) is 6.37. The number of sulfonamides is 1. The van der Waals surface area contributed by atoms with Gasteiger partial charge in [0, 0.05) is 37.1 Å². The van der Waals surface area contributed by atoms with Gasteiger partial charge in [0.2, 0.25) is 15.9 Å². The minimum absolute atomic E-state index is 0.118. The van der Waals surface area contributed by atoms with E-state index in [1.807, 2.05) is 12.1 Å². The fourth-order valence-electron chi connectivity index (χ4n) is 2.52. The summed E-state index contributed by atoms with van der Waals surface area (Å²) in [6, 6.07) is 13.0. The van der Waals surface area contributed by atoms with Gasteiger partial charge in [0.05, 0.1) is 4.90 Å². The molecule has 1 amide bonds. The van der Waals surface area contributed by atoms with E-state index in [2.05, 4.69) is 5.32 Å². The molecule has 2 rings (SSSR count). The summed E-state index contributed by atoms with van der Waals surface area (Å²) >= 11 is 5.82. The molecule has 0 atom stereocenters. The molecule has 0 spiro atoms. The van der Waals surface area contributed by atoms with Crippen molar-refractivity contribution < 1.29 is 18.0 Å². The molecule has 150 valence electrons. The molecule has 28 heavy (non-hydrogen) atoms. The van der Waals surface area contributed by atoms with Crippen molar-refractivity contribution in [2.45, 2.75) is 31.2 Å². The van der Waals surface area contributed by atoms with Crippen LogP contribution >= 0.6 is 11.6 Å². The Labute approximate surface area is 170 Å². The molecule has 0 heterocycles. The maximum absolute atomic E-state index is 12.6. The van der Waals surface area contributed by atoms with Gasteiger partial charge >= 0.3 is 0 Å². The van der Waals surface area contributed by atoms with Crippen molar-refractivity contribution in [1.29, 1.82) is 0 Å². The summed E-state index contributed by atoms with van der Waals surface area (Å²) in [5.74, 6) is -0.270. The number of carbonyl (C=O) groups excluding carboxylic acids is 2. The lowest BCUT2D eigenvalue weighted by atomic mass is 10.2. The maximum atomic E-state index is 12.6. The van der Waals surface area contributed by atoms with Gasteiger partial charge in [0.15, 0.2) is 5.78 Å². The van der Waals surface area contributed by atoms with Crippen LogP contribution in [-0.2, 0) is 21.4 Å². The summed E-state index contributed by atoms with van der Waals surface area (Å²) < 4.78 is 26.3. The van der Waals surface area contributed by atoms with Gasteiger partial charge in [-0.1, -0.05) is 35.9 Å². The summed E-state index contributed by atoms with van der Waals surface area (Å²) in [4.78, 5) is 23.4. The van der Waals surface area contributed by atoms with Crippen LogP contribution in [0, 0.1) is 0 Å². The van der Waals surface area contributed by atoms with Crippen LogP contribution in [0.15, 0.2) is 53.4 Å². The number of carbonyl (C=O) groups is 2. The molecule has 2 aromatic carbocycles. The van der Waals surface area contributed by atoms with Crippen molar-refractivity contribution >= 4 is 33.3 Å². The zero-order valence-electron chi connectivity index (χ0n) is 15.8. The van der Waals surface area contributed by atoms with Gasteiger partial charge < -0.3 is 5.32 Å². The van der Waals surface area contributed by atoms with E-state index in [4.69, 9.17) is 11.6 Å². The van der Waals surface area contributed by atoms with Crippen molar-refractivity contribution in [3.63, 3.8) is 0 Å². The number of ketones is 1. The number of nitrogens with zero attached hydrogens (tertiary/aromatic N) is 1. The molecule has 0 saturated heterocycles. The predicted molar refractivity (Wildman–Crippen MR) is 109 cm³/mol. The Morgan fingerprint density at radius 1 is 1.04 bits per heavy atom. The number of amides is 1. The summed E-state index contributed by atoms with van der Waals surface area (Å²) in [7, 11) is -2.19. The van der Waals surface area contributed by atoms with Gasteiger partial charge in [-0.25, -0.2) is 12.7 Å². The molecule has 0 unspecified atom stereocenters. The SMILES string of the molecule is CC(=O)c1ccc(S(=O)(=O)N(C)CCCC(=O)NCc2ccc(Cl)cc2)cc1. The minimum Gasteiger partial charge on any atom is -0.352 e. The van der Waals surface area contributed by atoms with E-state index < -0.39 is 10.0 Å². The standard InChI is InChI=1S/C20H23ClN2O4S/c1-15(24)17-7-11-19(12-8-17)28(26,27)23(2)13-3-4-20(25)22-14-16-5-9-18(21)10-6-16/h5-12H,3-4,13-14H2,1-2H3,(H,22,25). The van der Waals surface area contributed by atoms with Gasteiger partial charge in [-0.2, -0.15) is 0 Å². The monoisotopic (exact) mass is 422 g/mol. The van der Waals surface area contributed by atoms with Crippen molar-refractivity contribution in [1.82, 2.24) is 9.62 Å². The number of halogens is 1. The van der Waals surface area contributed by atoms with E-state index in [0.29, 0.717) is 23.6 Å². The average Bonchev–Trinajstić information content (AvgIpc) is 2.67. The fourth-order valence-corrected chi connectivity index (χ4v) is 3.85. The molecule has 0 aliphatic carbocycles. The molecule has 0 saturated carbocycles. The lowest BCUT2D eigenvalue weighted by Crippen LogP contribution is -2.29. The zero-order valence-corrected chi connectivity index (χ0v) is 17.4. The molecule has 2 aromatic rings. The van der Waals surface area contributed by atoms with Crippen LogP contribution in [0.1, 0.15) is 35.7 Å². The normalized spacial score (nSPS) is 11.4. The Kier molecular flexibility index (Phi) is 7.74. The molecule has 0 aliphatic rings. The Balaban J connectivity index is 1.81. The van der Waals surface area contributed by atoms with E-state index in [1.54, 1.807) is 12.1 Å². The second-order valence-electron chi connectivity index (χ2n) is 6.41. The second kappa shape index (κ2) is 9.82. The lowest BCUT2D eigenvalue weighted by molar-refractivity contribution is -0.121. The highest BCUT2D eigenvalue weighted by Gasteiger charge is 2.20. The maximum Gasteiger partial charge on any atom is 0.242 e. The van der Waals surface area contributed by atoms with E-state index in [1.165, 1.54) is 42.5 Å². The third kappa shape index (κ3) is 6.15. The quantitative estimate of drug-likeness (QED) is 0.628. The highest BCUT2D eigenvalue weighted by molar-refractivity contribution is 7.89. The average molecular weight is 423 g/mol. The Hall–Kier alpha value is -2.22. The summed E-state index contributed by atoms with van der Waals surface area (Å²) in [6.07, 6.45) is 0.616. The molecule has 0 fully saturated rings. The lowest BCUT2D eigenvalue weighted by Gasteiger charge is -2.17. The van der Waals surface area contributed by atoms with E-state index in [0.717, 1.165) is 5.56 Å². The van der Waals surface area contributed by atoms with Crippen molar-refractivity contribution in [3.8, 4) is 0 Å². The van der Waals surface area contributed by atoms with Crippen molar-refractivity contribution in [2.24, 2.45) is 0 Å². The fraction of sp³-hybridized carbons (Fsp3) is 0.300. The number of nitrogens with one attached hydrogen (secondary N) is 1. The molecule has 1 N–H and O–H groups in total. The number of benzene rings is 2. The number of hydrogen-bond acceptors (Lipinski definition) is 4. The minimum atomic E-state index is -3.66. The molecule has 0 bridgehead atoms. The van der Waals surface area contributed by atoms with Crippen LogP contribution in [0.4, 0.5) is 0 Å². The predicted octanol–water partition coefficient (Wildman–Crippen LogP) is 3.26. The Bertz CT molecular complexity index is 926. The van der Waals surface area contributed by atoms with Gasteiger partial charge in [0.25, 0.3) is 0 Å². The van der Waals surface area contributed by atoms with Crippen LogP contribution in [0.25, 0.3) is 0 Å². The van der Waals surface area contributed by atoms with Gasteiger partial charge in [-0.3, -0.25) is 9.59 Å². The summed E-state index contributed by atoms with van der Waals surface area (Å²) in [5.41, 5.74) is 1.39. The summed E-state index contributed by atoms with van der Waals surface area (Å²) in [5, 5.41) is 3.43. The first-order valence-corrected chi connectivity index (χ1v) is 10.6. The molecule has 0 aliphatic heterocycles. The smallest absolute Gasteiger partial charge is 0.242 e. The summed E-state index contributed by atoms with van der Waals surface area (Å²) in [6.45, 7) is 2.03. The zero-order chi connectivity index (χ0) is 20.7. The number of hydrogen-bond donors (Lipinski definition) is 1. The Morgan fingerprint density at radius 3 is 2.21 bits per heavy atom. The van der Waals surface area contributed by atoms with Crippen molar-refractivity contribution in [2.75, 3.05) is 13.6 Å². The first kappa shape index (κ1) is 22.1. The molecule has 0 aromatic heterocycles. The topological polar surface area (TPSA) is 83.6 Å². The molecular weight excluding hydrogens is 400 g/mol. The third-order valence-electron chi connectivity index (χ3n) is 4.25. The molecular formula is C20H23ClN2O4S. The van der Waals surface area contributed by atoms with Crippen LogP contribution in [0.5, 0.6) is 0 Å². The largest absolute Gasteiger partial charge is 0.352 e. The van der Waals surface area contributed by atoms with Gasteiger partial charge in [-0.05, 0) is 43.2 Å². The van der Waals surface area contributed by atoms with E-state index in [9.17, 15) is 18.0 Å². The highest BCUT2D eigenvalue weighted by atomic mass is 35.5. The van der Waals surface area contributed by atoms with Gasteiger partial charge in [-0.15, -0.1) is 0 Å². The molecule has 0 radical (unpaired) electrons. The number of rotatable bonds is 9. The van der Waals surface area contributed by atoms with E-state index in [-0.39, 0.29) is 29.6 Å². The highest BCUT2D eigenvalue weighted by Crippen LogP contribution is 2.16. The first-order valence-electron chi connectivity index (χ1n) is 8.78. The van der Waals surface area contributed by atoms with E-state index >= 15 is 0 Å². The van der Waals surface area contributed by atoms with Crippen LogP contribution < -0.4 is 5.32 Å². The molecule has 6 nitrogen and oxygen atoms in total. The van der Waals surface area contributed by atoms with Crippen molar-refractivity contribution in [3.05, 3.63) is 64.7 Å².